The lowest BCUT2D eigenvalue weighted by molar-refractivity contribution is 0.502. The maximum atomic E-state index is 6.22. The van der Waals surface area contributed by atoms with E-state index in [9.17, 15) is 0 Å². The van der Waals surface area contributed by atoms with E-state index in [1.165, 1.54) is 9.58 Å². The second-order valence-electron chi connectivity index (χ2n) is 4.60. The van der Waals surface area contributed by atoms with Crippen molar-refractivity contribution in [3.05, 3.63) is 34.9 Å². The minimum atomic E-state index is 0.418. The lowest BCUT2D eigenvalue weighted by atomic mass is 10.3. The molecule has 0 aliphatic carbocycles. The predicted octanol–water partition coefficient (Wildman–Crippen LogP) is 1.43. The van der Waals surface area contributed by atoms with Crippen LogP contribution in [0.3, 0.4) is 0 Å². The fourth-order valence-electron chi connectivity index (χ4n) is 2.13. The Bertz CT molecular complexity index is 986. The highest BCUT2D eigenvalue weighted by Crippen LogP contribution is 2.22. The fraction of sp³-hybridized carbons (Fsp3) is 0.0833. The van der Waals surface area contributed by atoms with Gasteiger partial charge in [0.25, 0.3) is 0 Å². The van der Waals surface area contributed by atoms with E-state index in [1.807, 2.05) is 25.1 Å². The zero-order valence-electron chi connectivity index (χ0n) is 10.9. The Hall–Kier alpha value is -2.74. The van der Waals surface area contributed by atoms with Crippen LogP contribution in [0.15, 0.2) is 24.3 Å². The van der Waals surface area contributed by atoms with Gasteiger partial charge in [0, 0.05) is 0 Å². The lowest BCUT2D eigenvalue weighted by Crippen LogP contribution is -2.14. The summed E-state index contributed by atoms with van der Waals surface area (Å²) in [6.07, 6.45) is 0. The molecule has 21 heavy (non-hydrogen) atoms. The molecule has 0 aliphatic rings. The minimum Gasteiger partial charge on any atom is -0.383 e. The second-order valence-corrected chi connectivity index (χ2v) is 5.01. The Balaban J connectivity index is 2.07. The summed E-state index contributed by atoms with van der Waals surface area (Å²) in [5.41, 5.74) is 9.11. The largest absolute Gasteiger partial charge is 0.383 e. The Morgan fingerprint density at radius 1 is 1.10 bits per heavy atom. The molecule has 2 N–H and O–H groups in total. The summed E-state index contributed by atoms with van der Waals surface area (Å²) < 4.78 is 0. The average Bonchev–Trinajstić information content (AvgIpc) is 3.04. The standard InChI is InChI=1S/C12H9ClN8/c1-6-5-9-12(15-11(6)14)21(19-17-9)20-10-7(13)3-2-4-8(10)16-18-20/h2-5H,1H3,(H2,14,15). The number of aromatic nitrogens is 7. The van der Waals surface area contributed by atoms with Gasteiger partial charge in [0.05, 0.1) is 5.02 Å². The van der Waals surface area contributed by atoms with E-state index in [0.29, 0.717) is 33.0 Å². The van der Waals surface area contributed by atoms with E-state index in [-0.39, 0.29) is 0 Å². The molecule has 4 aromatic rings. The Morgan fingerprint density at radius 2 is 1.86 bits per heavy atom. The SMILES string of the molecule is Cc1cc2nnn(-n3nnc4cccc(Cl)c43)c2nc1N. The van der Waals surface area contributed by atoms with Gasteiger partial charge < -0.3 is 5.73 Å². The Kier molecular flexibility index (Phi) is 2.36. The quantitative estimate of drug-likeness (QED) is 0.570. The molecule has 0 saturated carbocycles. The number of nitrogens with two attached hydrogens (primary N) is 1. The third-order valence-corrected chi connectivity index (χ3v) is 3.53. The van der Waals surface area contributed by atoms with Gasteiger partial charge >= 0.3 is 0 Å². The van der Waals surface area contributed by atoms with Gasteiger partial charge in [-0.25, -0.2) is 4.98 Å². The van der Waals surface area contributed by atoms with Crippen molar-refractivity contribution in [2.75, 3.05) is 5.73 Å². The number of halogens is 1. The molecule has 3 aromatic heterocycles. The summed E-state index contributed by atoms with van der Waals surface area (Å²) in [4.78, 5) is 7.19. The topological polar surface area (TPSA) is 100 Å². The predicted molar refractivity (Wildman–Crippen MR) is 77.8 cm³/mol. The monoisotopic (exact) mass is 300 g/mol. The first-order valence-electron chi connectivity index (χ1n) is 6.14. The molecule has 0 bridgehead atoms. The Morgan fingerprint density at radius 3 is 2.71 bits per heavy atom. The molecule has 0 amide bonds. The molecule has 0 atom stereocenters. The van der Waals surface area contributed by atoms with Crippen LogP contribution in [0.5, 0.6) is 0 Å². The smallest absolute Gasteiger partial charge is 0.206 e. The van der Waals surface area contributed by atoms with E-state index < -0.39 is 0 Å². The van der Waals surface area contributed by atoms with Crippen molar-refractivity contribution in [3.8, 4) is 0 Å². The number of hydrogen-bond acceptors (Lipinski definition) is 6. The van der Waals surface area contributed by atoms with Crippen LogP contribution in [0.1, 0.15) is 5.56 Å². The zero-order chi connectivity index (χ0) is 14.6. The molecule has 9 heteroatoms. The number of para-hydroxylation sites is 1. The zero-order valence-corrected chi connectivity index (χ0v) is 11.7. The molecule has 0 saturated heterocycles. The molecule has 0 aliphatic heterocycles. The third kappa shape index (κ3) is 1.66. The molecule has 8 nitrogen and oxygen atoms in total. The van der Waals surface area contributed by atoms with Crippen molar-refractivity contribution in [2.24, 2.45) is 0 Å². The number of rotatable bonds is 1. The van der Waals surface area contributed by atoms with Crippen LogP contribution in [-0.2, 0) is 0 Å². The summed E-state index contributed by atoms with van der Waals surface area (Å²) in [7, 11) is 0. The van der Waals surface area contributed by atoms with Crippen molar-refractivity contribution in [2.45, 2.75) is 6.92 Å². The molecule has 0 fully saturated rings. The van der Waals surface area contributed by atoms with Crippen molar-refractivity contribution >= 4 is 39.6 Å². The van der Waals surface area contributed by atoms with E-state index >= 15 is 0 Å². The average molecular weight is 301 g/mol. The van der Waals surface area contributed by atoms with Crippen molar-refractivity contribution < 1.29 is 0 Å². The van der Waals surface area contributed by atoms with Crippen LogP contribution in [-0.4, -0.2) is 35.2 Å². The van der Waals surface area contributed by atoms with Gasteiger partial charge in [-0.3, -0.25) is 0 Å². The summed E-state index contributed by atoms with van der Waals surface area (Å²) in [5.74, 6) is 0.418. The molecular formula is C12H9ClN8. The molecular weight excluding hydrogens is 292 g/mol. The van der Waals surface area contributed by atoms with E-state index in [1.54, 1.807) is 6.07 Å². The first kappa shape index (κ1) is 12.0. The van der Waals surface area contributed by atoms with Crippen LogP contribution >= 0.6 is 11.6 Å². The molecule has 0 spiro atoms. The van der Waals surface area contributed by atoms with Gasteiger partial charge in [-0.1, -0.05) is 17.7 Å². The molecule has 1 aromatic carbocycles. The summed E-state index contributed by atoms with van der Waals surface area (Å²) in [5, 5.41) is 16.8. The normalized spacial score (nSPS) is 11.5. The number of benzene rings is 1. The van der Waals surface area contributed by atoms with Gasteiger partial charge in [0.15, 0.2) is 0 Å². The molecule has 4 rings (SSSR count). The fourth-order valence-corrected chi connectivity index (χ4v) is 2.38. The molecule has 0 radical (unpaired) electrons. The van der Waals surface area contributed by atoms with Gasteiger partial charge in [-0.15, -0.1) is 19.8 Å². The van der Waals surface area contributed by atoms with E-state index in [4.69, 9.17) is 17.3 Å². The number of hydrogen-bond donors (Lipinski definition) is 1. The number of nitrogens with zero attached hydrogens (tertiary/aromatic N) is 7. The third-order valence-electron chi connectivity index (χ3n) is 3.22. The lowest BCUT2D eigenvalue weighted by Gasteiger charge is -2.03. The van der Waals surface area contributed by atoms with Crippen LogP contribution in [0.25, 0.3) is 22.2 Å². The van der Waals surface area contributed by atoms with E-state index in [0.717, 1.165) is 5.56 Å². The second kappa shape index (κ2) is 4.13. The van der Waals surface area contributed by atoms with Crippen molar-refractivity contribution in [1.82, 2.24) is 35.2 Å². The van der Waals surface area contributed by atoms with Gasteiger partial charge in [0.2, 0.25) is 5.65 Å². The van der Waals surface area contributed by atoms with Gasteiger partial charge in [0.1, 0.15) is 22.4 Å². The van der Waals surface area contributed by atoms with Crippen LogP contribution in [0.4, 0.5) is 5.82 Å². The van der Waals surface area contributed by atoms with Crippen LogP contribution < -0.4 is 5.73 Å². The number of anilines is 1. The van der Waals surface area contributed by atoms with E-state index in [2.05, 4.69) is 25.6 Å². The highest BCUT2D eigenvalue weighted by Gasteiger charge is 2.15. The van der Waals surface area contributed by atoms with Crippen molar-refractivity contribution in [3.63, 3.8) is 0 Å². The Labute approximate surface area is 123 Å². The van der Waals surface area contributed by atoms with Gasteiger partial charge in [-0.2, -0.15) is 0 Å². The summed E-state index contributed by atoms with van der Waals surface area (Å²) >= 11 is 6.22. The van der Waals surface area contributed by atoms with Gasteiger partial charge in [-0.05, 0) is 41.1 Å². The molecule has 0 unspecified atom stereocenters. The first-order valence-corrected chi connectivity index (χ1v) is 6.52. The minimum absolute atomic E-state index is 0.418. The number of pyridine rings is 1. The maximum Gasteiger partial charge on any atom is 0.206 e. The molecule has 104 valence electrons. The maximum absolute atomic E-state index is 6.22. The molecule has 3 heterocycles. The number of nitrogen functional groups attached to an aromatic ring is 1. The highest BCUT2D eigenvalue weighted by atomic mass is 35.5. The van der Waals surface area contributed by atoms with Crippen molar-refractivity contribution in [1.29, 1.82) is 0 Å². The van der Waals surface area contributed by atoms with Crippen LogP contribution in [0.2, 0.25) is 5.02 Å². The summed E-state index contributed by atoms with van der Waals surface area (Å²) in [6, 6.07) is 7.20. The van der Waals surface area contributed by atoms with Crippen LogP contribution in [0, 0.1) is 6.92 Å². The number of fused-ring (bicyclic) bond motifs is 2. The highest BCUT2D eigenvalue weighted by molar-refractivity contribution is 6.34. The number of aryl methyl sites for hydroxylation is 1. The first-order chi connectivity index (χ1) is 10.1. The summed E-state index contributed by atoms with van der Waals surface area (Å²) in [6.45, 7) is 1.86.